The number of nitrogens with one attached hydrogen (secondary N) is 2. The van der Waals surface area contributed by atoms with Crippen LogP contribution in [0.4, 0.5) is 25.2 Å². The van der Waals surface area contributed by atoms with E-state index >= 15 is 0 Å². The molecule has 3 heterocycles. The van der Waals surface area contributed by atoms with E-state index in [0.29, 0.717) is 22.3 Å². The van der Waals surface area contributed by atoms with Crippen molar-refractivity contribution in [3.63, 3.8) is 0 Å². The first kappa shape index (κ1) is 16.8. The molecule has 0 spiro atoms. The summed E-state index contributed by atoms with van der Waals surface area (Å²) >= 11 is 0. The average molecular weight is 372 g/mol. The molecule has 3 aromatic heterocycles. The molecule has 0 aliphatic carbocycles. The lowest BCUT2D eigenvalue weighted by molar-refractivity contribution is -0.0544. The minimum absolute atomic E-state index is 0.123. The second-order valence-electron chi connectivity index (χ2n) is 6.11. The third kappa shape index (κ3) is 2.80. The zero-order valence-electron chi connectivity index (χ0n) is 14.3. The Hall–Kier alpha value is -3.69. The number of benzene rings is 1. The van der Waals surface area contributed by atoms with Crippen LogP contribution < -0.4 is 10.2 Å². The highest BCUT2D eigenvalue weighted by Gasteiger charge is 2.17. The molecule has 0 unspecified atom stereocenters. The summed E-state index contributed by atoms with van der Waals surface area (Å²) in [5.74, 6) is -0.259. The van der Waals surface area contributed by atoms with Crippen LogP contribution in [-0.2, 0) is 4.94 Å². The van der Waals surface area contributed by atoms with Gasteiger partial charge < -0.3 is 4.90 Å². The Balaban J connectivity index is 1.84. The lowest BCUT2D eigenvalue weighted by atomic mass is 10.0. The lowest BCUT2D eigenvalue weighted by Crippen LogP contribution is -2.11. The van der Waals surface area contributed by atoms with Crippen LogP contribution in [0.3, 0.4) is 0 Å². The maximum atomic E-state index is 14.7. The number of amides is 1. The zero-order chi connectivity index (χ0) is 19.1. The fourth-order valence-corrected chi connectivity index (χ4v) is 3.09. The van der Waals surface area contributed by atoms with Crippen LogP contribution in [0.25, 0.3) is 27.5 Å². The van der Waals surface area contributed by atoms with Crippen molar-refractivity contribution in [2.24, 2.45) is 0 Å². The number of anilines is 2. The maximum absolute atomic E-state index is 14.7. The summed E-state index contributed by atoms with van der Waals surface area (Å²) in [5.41, 5.74) is 3.03. The minimum atomic E-state index is -1.26. The first-order valence-corrected chi connectivity index (χ1v) is 7.90. The highest BCUT2D eigenvalue weighted by molar-refractivity contribution is 6.01. The van der Waals surface area contributed by atoms with Crippen molar-refractivity contribution in [2.45, 2.75) is 0 Å². The standard InChI is InChI=1S/C17H14F2N6O2/c1-24(2)16-13(18)7-11(12-8-20-22-15(12)16)9-3-4-25-10(5-9)6-14(23-25)21-17(26)27-19/h3-8H,1-2H3,(H,20,22)(H,21,23,26). The van der Waals surface area contributed by atoms with Crippen LogP contribution >= 0.6 is 0 Å². The number of hydrogen-bond acceptors (Lipinski definition) is 5. The third-order valence-electron chi connectivity index (χ3n) is 4.19. The predicted octanol–water partition coefficient (Wildman–Crippen LogP) is 3.52. The fraction of sp³-hybridized carbons (Fsp3) is 0.118. The molecule has 8 nitrogen and oxygen atoms in total. The molecule has 0 saturated carbocycles. The van der Waals surface area contributed by atoms with Gasteiger partial charge >= 0.3 is 6.09 Å². The molecule has 0 radical (unpaired) electrons. The van der Waals surface area contributed by atoms with Gasteiger partial charge in [-0.25, -0.2) is 18.6 Å². The van der Waals surface area contributed by atoms with Gasteiger partial charge in [0, 0.05) is 36.3 Å². The molecule has 4 aromatic rings. The molecule has 0 bridgehead atoms. The molecule has 10 heteroatoms. The number of H-pyrrole nitrogens is 1. The maximum Gasteiger partial charge on any atom is 0.450 e. The second-order valence-corrected chi connectivity index (χ2v) is 6.11. The Bertz CT molecular complexity index is 1170. The topological polar surface area (TPSA) is 87.6 Å². The van der Waals surface area contributed by atoms with Gasteiger partial charge in [-0.1, -0.05) is 0 Å². The van der Waals surface area contributed by atoms with Gasteiger partial charge in [0.1, 0.15) is 5.82 Å². The van der Waals surface area contributed by atoms with E-state index in [9.17, 15) is 13.7 Å². The van der Waals surface area contributed by atoms with E-state index in [1.165, 1.54) is 16.6 Å². The Morgan fingerprint density at radius 3 is 2.89 bits per heavy atom. The number of rotatable bonds is 3. The summed E-state index contributed by atoms with van der Waals surface area (Å²) < 4.78 is 28.0. The van der Waals surface area contributed by atoms with Gasteiger partial charge in [0.05, 0.1) is 22.9 Å². The van der Waals surface area contributed by atoms with Crippen molar-refractivity contribution >= 4 is 34.0 Å². The summed E-state index contributed by atoms with van der Waals surface area (Å²) in [6.07, 6.45) is 2.03. The van der Waals surface area contributed by atoms with Crippen molar-refractivity contribution in [1.29, 1.82) is 0 Å². The first-order chi connectivity index (χ1) is 13.0. The number of halogens is 2. The fourth-order valence-electron chi connectivity index (χ4n) is 3.09. The van der Waals surface area contributed by atoms with Crippen molar-refractivity contribution < 1.29 is 18.7 Å². The van der Waals surface area contributed by atoms with Gasteiger partial charge in [-0.3, -0.25) is 10.4 Å². The van der Waals surface area contributed by atoms with Crippen molar-refractivity contribution in [3.8, 4) is 11.1 Å². The number of hydrogen-bond donors (Lipinski definition) is 2. The summed E-state index contributed by atoms with van der Waals surface area (Å²) in [7, 11) is 3.52. The smallest absolute Gasteiger partial charge is 0.374 e. The molecule has 2 N–H and O–H groups in total. The molecule has 0 saturated heterocycles. The number of aromatic amines is 1. The van der Waals surface area contributed by atoms with Crippen LogP contribution in [0.15, 0.2) is 36.7 Å². The highest BCUT2D eigenvalue weighted by Crippen LogP contribution is 2.35. The Morgan fingerprint density at radius 2 is 2.15 bits per heavy atom. The van der Waals surface area contributed by atoms with Gasteiger partial charge in [0.15, 0.2) is 5.82 Å². The SMILES string of the molecule is CN(C)c1c(F)cc(-c2ccn3nc(NC(=O)OF)cc3c2)c2cn[nH]c12. The van der Waals surface area contributed by atoms with Crippen LogP contribution in [0.1, 0.15) is 0 Å². The van der Waals surface area contributed by atoms with E-state index in [2.05, 4.69) is 25.6 Å². The van der Waals surface area contributed by atoms with Crippen LogP contribution in [0.5, 0.6) is 0 Å². The monoisotopic (exact) mass is 372 g/mol. The van der Waals surface area contributed by atoms with Gasteiger partial charge in [-0.05, 0) is 29.3 Å². The summed E-state index contributed by atoms with van der Waals surface area (Å²) in [4.78, 5) is 15.7. The molecule has 0 aliphatic rings. The molecule has 0 fully saturated rings. The van der Waals surface area contributed by atoms with Crippen LogP contribution in [-0.4, -0.2) is 40.0 Å². The van der Waals surface area contributed by atoms with E-state index in [-0.39, 0.29) is 11.6 Å². The zero-order valence-corrected chi connectivity index (χ0v) is 14.3. The summed E-state index contributed by atoms with van der Waals surface area (Å²) in [6, 6.07) is 6.52. The minimum Gasteiger partial charge on any atom is -0.374 e. The van der Waals surface area contributed by atoms with E-state index in [4.69, 9.17) is 0 Å². The van der Waals surface area contributed by atoms with Crippen molar-refractivity contribution in [3.05, 3.63) is 42.5 Å². The summed E-state index contributed by atoms with van der Waals surface area (Å²) in [6.45, 7) is 0. The molecule has 0 aliphatic heterocycles. The van der Waals surface area contributed by atoms with Gasteiger partial charge in [-0.2, -0.15) is 5.10 Å². The van der Waals surface area contributed by atoms with E-state index < -0.39 is 6.09 Å². The van der Waals surface area contributed by atoms with Crippen molar-refractivity contribution in [2.75, 3.05) is 24.3 Å². The third-order valence-corrected chi connectivity index (χ3v) is 4.19. The molecular formula is C17H14F2N6O2. The Kier molecular flexibility index (Phi) is 3.87. The molecular weight excluding hydrogens is 358 g/mol. The van der Waals surface area contributed by atoms with Crippen LogP contribution in [0, 0.1) is 5.82 Å². The molecule has 4 rings (SSSR count). The number of carbonyl (C=O) groups is 1. The molecule has 138 valence electrons. The lowest BCUT2D eigenvalue weighted by Gasteiger charge is -2.16. The number of nitrogens with zero attached hydrogens (tertiary/aromatic N) is 4. The van der Waals surface area contributed by atoms with Gasteiger partial charge in [0.25, 0.3) is 0 Å². The molecule has 0 atom stereocenters. The van der Waals surface area contributed by atoms with Crippen molar-refractivity contribution in [1.82, 2.24) is 19.8 Å². The first-order valence-electron chi connectivity index (χ1n) is 7.90. The quantitative estimate of drug-likeness (QED) is 0.575. The van der Waals surface area contributed by atoms with E-state index in [1.807, 2.05) is 0 Å². The number of pyridine rings is 1. The second kappa shape index (κ2) is 6.24. The summed E-state index contributed by atoms with van der Waals surface area (Å²) in [5, 5.41) is 13.9. The molecule has 1 aromatic carbocycles. The van der Waals surface area contributed by atoms with Gasteiger partial charge in [-0.15, -0.1) is 5.10 Å². The Labute approximate surface area is 151 Å². The van der Waals surface area contributed by atoms with Gasteiger partial charge in [0.2, 0.25) is 0 Å². The van der Waals surface area contributed by atoms with E-state index in [0.717, 1.165) is 10.9 Å². The van der Waals surface area contributed by atoms with E-state index in [1.54, 1.807) is 43.5 Å². The number of carbonyl (C=O) groups excluding carboxylic acids is 1. The van der Waals surface area contributed by atoms with Crippen LogP contribution in [0.2, 0.25) is 0 Å². The molecule has 27 heavy (non-hydrogen) atoms. The average Bonchev–Trinajstić information content (AvgIpc) is 3.25. The Morgan fingerprint density at radius 1 is 1.33 bits per heavy atom. The highest BCUT2D eigenvalue weighted by atomic mass is 19.3. The predicted molar refractivity (Wildman–Crippen MR) is 95.8 cm³/mol. The number of fused-ring (bicyclic) bond motifs is 2. The normalized spacial score (nSPS) is 11.1. The molecule has 1 amide bonds. The number of aromatic nitrogens is 4. The largest absolute Gasteiger partial charge is 0.450 e.